The Morgan fingerprint density at radius 2 is 0.763 bits per heavy atom. The van der Waals surface area contributed by atoms with Gasteiger partial charge in [0.05, 0.1) is 10.8 Å². The number of carboxylic acids is 2. The minimum Gasteiger partial charge on any atom is -0.481 e. The molecule has 0 bridgehead atoms. The third-order valence-electron chi connectivity index (χ3n) is 9.46. The molecule has 2 N–H and O–H groups in total. The van der Waals surface area contributed by atoms with Crippen molar-refractivity contribution >= 4 is 11.9 Å². The lowest BCUT2D eigenvalue weighted by Gasteiger charge is -2.49. The summed E-state index contributed by atoms with van der Waals surface area (Å²) in [6.07, 6.45) is 25.3. The van der Waals surface area contributed by atoms with Crippen molar-refractivity contribution < 1.29 is 19.8 Å². The predicted octanol–water partition coefficient (Wildman–Crippen LogP) is 10.8. The predicted molar refractivity (Wildman–Crippen MR) is 161 cm³/mol. The van der Waals surface area contributed by atoms with Gasteiger partial charge in [-0.15, -0.1) is 0 Å². The van der Waals surface area contributed by atoms with Gasteiger partial charge in [-0.05, 0) is 37.5 Å². The maximum atomic E-state index is 12.7. The molecule has 0 heterocycles. The van der Waals surface area contributed by atoms with Crippen LogP contribution in [0.2, 0.25) is 0 Å². The summed E-state index contributed by atoms with van der Waals surface area (Å²) in [5.41, 5.74) is -2.19. The molecule has 4 heteroatoms. The average Bonchev–Trinajstić information content (AvgIpc) is 2.86. The molecule has 1 aliphatic rings. The third kappa shape index (κ3) is 12.4. The van der Waals surface area contributed by atoms with Gasteiger partial charge in [0, 0.05) is 0 Å². The highest BCUT2D eigenvalue weighted by Crippen LogP contribution is 2.57. The Hall–Kier alpha value is -1.06. The Labute approximate surface area is 236 Å². The number of carbonyl (C=O) groups is 2. The van der Waals surface area contributed by atoms with E-state index < -0.39 is 22.8 Å². The lowest BCUT2D eigenvalue weighted by atomic mass is 9.52. The molecule has 2 unspecified atom stereocenters. The molecular weight excluding hydrogens is 472 g/mol. The Morgan fingerprint density at radius 1 is 0.500 bits per heavy atom. The largest absolute Gasteiger partial charge is 0.481 e. The van der Waals surface area contributed by atoms with E-state index in [1.165, 1.54) is 77.0 Å². The molecule has 1 fully saturated rings. The smallest absolute Gasteiger partial charge is 0.310 e. The molecule has 224 valence electrons. The van der Waals surface area contributed by atoms with Crippen molar-refractivity contribution in [1.29, 1.82) is 0 Å². The van der Waals surface area contributed by atoms with E-state index in [2.05, 4.69) is 27.7 Å². The molecule has 0 aliphatic heterocycles. The summed E-state index contributed by atoms with van der Waals surface area (Å²) in [4.78, 5) is 25.5. The molecule has 2 atom stereocenters. The van der Waals surface area contributed by atoms with Gasteiger partial charge in [0.15, 0.2) is 0 Å². The number of carboxylic acid groups (broad SMARTS) is 2. The first-order valence-corrected chi connectivity index (χ1v) is 16.6. The number of hydrogen-bond acceptors (Lipinski definition) is 2. The van der Waals surface area contributed by atoms with Crippen molar-refractivity contribution in [2.24, 2.45) is 22.7 Å². The van der Waals surface area contributed by atoms with Crippen LogP contribution in [0.4, 0.5) is 0 Å². The maximum Gasteiger partial charge on any atom is 0.310 e. The minimum atomic E-state index is -1.09. The lowest BCUT2D eigenvalue weighted by molar-refractivity contribution is -0.182. The number of unbranched alkanes of at least 4 members (excludes halogenated alkanes) is 14. The number of aliphatic carboxylic acids is 2. The quantitative estimate of drug-likeness (QED) is 0.120. The van der Waals surface area contributed by atoms with Gasteiger partial charge >= 0.3 is 11.9 Å². The van der Waals surface area contributed by atoms with E-state index in [9.17, 15) is 19.8 Å². The van der Waals surface area contributed by atoms with E-state index in [1.54, 1.807) is 0 Å². The van der Waals surface area contributed by atoms with Gasteiger partial charge in [-0.3, -0.25) is 9.59 Å². The number of hydrogen-bond donors (Lipinski definition) is 2. The second kappa shape index (κ2) is 19.9. The van der Waals surface area contributed by atoms with Crippen LogP contribution in [0.25, 0.3) is 0 Å². The van der Waals surface area contributed by atoms with Crippen LogP contribution >= 0.6 is 0 Å². The van der Waals surface area contributed by atoms with E-state index in [0.717, 1.165) is 63.2 Å². The standard InChI is InChI=1S/C34H64O4/c1-29(2)23-17-13-9-5-7-11-15-19-25-33(31(35)36)27-21-22-28-34(33,32(37)38)26-20-16-12-8-6-10-14-18-24-30(3)4/h29-30H,5-28H2,1-4H3,(H,35,36)(H,37,38). The molecule has 1 rings (SSSR count). The van der Waals surface area contributed by atoms with Crippen LogP contribution in [0.3, 0.4) is 0 Å². The zero-order valence-electron chi connectivity index (χ0n) is 25.8. The van der Waals surface area contributed by atoms with Gasteiger partial charge in [-0.25, -0.2) is 0 Å². The molecule has 38 heavy (non-hydrogen) atoms. The van der Waals surface area contributed by atoms with E-state index in [0.29, 0.717) is 25.7 Å². The molecule has 0 aromatic rings. The van der Waals surface area contributed by atoms with Crippen molar-refractivity contribution in [1.82, 2.24) is 0 Å². The fraction of sp³-hybridized carbons (Fsp3) is 0.941. The Morgan fingerprint density at radius 3 is 1.03 bits per heavy atom. The summed E-state index contributed by atoms with van der Waals surface area (Å²) >= 11 is 0. The minimum absolute atomic E-state index is 0.527. The van der Waals surface area contributed by atoms with Crippen molar-refractivity contribution in [2.75, 3.05) is 0 Å². The summed E-state index contributed by atoms with van der Waals surface area (Å²) in [5, 5.41) is 20.9. The lowest BCUT2D eigenvalue weighted by Crippen LogP contribution is -2.54. The molecule has 0 saturated heterocycles. The summed E-state index contributed by atoms with van der Waals surface area (Å²) in [6.45, 7) is 9.14. The summed E-state index contributed by atoms with van der Waals surface area (Å²) in [6, 6.07) is 0. The van der Waals surface area contributed by atoms with Gasteiger partial charge in [0.2, 0.25) is 0 Å². The maximum absolute atomic E-state index is 12.7. The summed E-state index contributed by atoms with van der Waals surface area (Å²) in [7, 11) is 0. The van der Waals surface area contributed by atoms with Gasteiger partial charge in [-0.1, -0.05) is 156 Å². The van der Waals surface area contributed by atoms with E-state index in [1.807, 2.05) is 0 Å². The van der Waals surface area contributed by atoms with Crippen molar-refractivity contribution in [3.63, 3.8) is 0 Å². The molecule has 0 aromatic carbocycles. The topological polar surface area (TPSA) is 74.6 Å². The van der Waals surface area contributed by atoms with Crippen molar-refractivity contribution in [3.8, 4) is 0 Å². The highest BCUT2D eigenvalue weighted by molar-refractivity contribution is 5.87. The van der Waals surface area contributed by atoms with Crippen LogP contribution in [-0.2, 0) is 9.59 Å². The Bertz CT molecular complexity index is 574. The fourth-order valence-electron chi connectivity index (χ4n) is 6.98. The summed E-state index contributed by atoms with van der Waals surface area (Å²) < 4.78 is 0. The van der Waals surface area contributed by atoms with Gasteiger partial charge < -0.3 is 10.2 Å². The second-order valence-electron chi connectivity index (χ2n) is 13.5. The summed E-state index contributed by atoms with van der Waals surface area (Å²) in [5.74, 6) is -0.121. The van der Waals surface area contributed by atoms with Gasteiger partial charge in [0.1, 0.15) is 0 Å². The van der Waals surface area contributed by atoms with E-state index in [-0.39, 0.29) is 0 Å². The van der Waals surface area contributed by atoms with E-state index >= 15 is 0 Å². The number of rotatable bonds is 24. The van der Waals surface area contributed by atoms with Crippen molar-refractivity contribution in [2.45, 2.75) is 182 Å². The average molecular weight is 537 g/mol. The first kappa shape index (κ1) is 35.0. The Kier molecular flexibility index (Phi) is 18.3. The second-order valence-corrected chi connectivity index (χ2v) is 13.5. The first-order chi connectivity index (χ1) is 18.2. The zero-order valence-corrected chi connectivity index (χ0v) is 25.8. The highest BCUT2D eigenvalue weighted by atomic mass is 16.4. The first-order valence-electron chi connectivity index (χ1n) is 16.6. The van der Waals surface area contributed by atoms with Crippen LogP contribution in [0.5, 0.6) is 0 Å². The normalized spacial score (nSPS) is 21.8. The van der Waals surface area contributed by atoms with Crippen LogP contribution in [0.15, 0.2) is 0 Å². The fourth-order valence-corrected chi connectivity index (χ4v) is 6.98. The zero-order chi connectivity index (χ0) is 28.3. The van der Waals surface area contributed by atoms with E-state index in [4.69, 9.17) is 0 Å². The highest BCUT2D eigenvalue weighted by Gasteiger charge is 2.61. The van der Waals surface area contributed by atoms with Crippen LogP contribution in [-0.4, -0.2) is 22.2 Å². The van der Waals surface area contributed by atoms with Crippen LogP contribution < -0.4 is 0 Å². The Balaban J connectivity index is 2.48. The monoisotopic (exact) mass is 536 g/mol. The van der Waals surface area contributed by atoms with Crippen LogP contribution in [0.1, 0.15) is 182 Å². The van der Waals surface area contributed by atoms with Crippen LogP contribution in [0, 0.1) is 22.7 Å². The molecule has 0 radical (unpaired) electrons. The third-order valence-corrected chi connectivity index (χ3v) is 9.46. The molecule has 0 aromatic heterocycles. The molecule has 0 spiro atoms. The molecule has 4 nitrogen and oxygen atoms in total. The molecule has 0 amide bonds. The molecular formula is C34H64O4. The van der Waals surface area contributed by atoms with Crippen molar-refractivity contribution in [3.05, 3.63) is 0 Å². The SMILES string of the molecule is CC(C)CCCCCCCCCCC1(C(=O)O)CCCCC1(CCCCCCCCCCC(C)C)C(=O)O. The molecule has 1 aliphatic carbocycles. The van der Waals surface area contributed by atoms with Gasteiger partial charge in [0.25, 0.3) is 0 Å². The van der Waals surface area contributed by atoms with Gasteiger partial charge in [-0.2, -0.15) is 0 Å². The molecule has 1 saturated carbocycles.